The lowest BCUT2D eigenvalue weighted by Gasteiger charge is -2.14. The Morgan fingerprint density at radius 2 is 1.23 bits per heavy atom. The van der Waals surface area contributed by atoms with Gasteiger partial charge in [-0.25, -0.2) is 0 Å². The molecule has 0 rings (SSSR count). The second kappa shape index (κ2) is 18.9. The minimum atomic E-state index is 0.0700. The Bertz CT molecular complexity index is 200. The summed E-state index contributed by atoms with van der Waals surface area (Å²) in [5.41, 5.74) is 0. The summed E-state index contributed by atoms with van der Waals surface area (Å²) in [6.45, 7) is 8.27. The van der Waals surface area contributed by atoms with Gasteiger partial charge in [0.2, 0.25) is 0 Å². The van der Waals surface area contributed by atoms with Crippen LogP contribution in [0.1, 0.15) is 65.2 Å². The first-order valence-corrected chi connectivity index (χ1v) is 9.19. The molecule has 0 aromatic carbocycles. The zero-order valence-corrected chi connectivity index (χ0v) is 14.9. The predicted molar refractivity (Wildman–Crippen MR) is 91.3 cm³/mol. The van der Waals surface area contributed by atoms with Crippen LogP contribution in [-0.4, -0.2) is 51.4 Å². The normalized spacial score (nSPS) is 12.7. The topological polar surface area (TPSA) is 47.9 Å². The highest BCUT2D eigenvalue weighted by atomic mass is 16.5. The zero-order chi connectivity index (χ0) is 16.3. The van der Waals surface area contributed by atoms with E-state index in [1.807, 2.05) is 0 Å². The van der Waals surface area contributed by atoms with Gasteiger partial charge in [-0.05, 0) is 12.3 Å². The van der Waals surface area contributed by atoms with Gasteiger partial charge in [-0.2, -0.15) is 0 Å². The van der Waals surface area contributed by atoms with Crippen LogP contribution in [0.2, 0.25) is 0 Å². The highest BCUT2D eigenvalue weighted by molar-refractivity contribution is 4.58. The fourth-order valence-electron chi connectivity index (χ4n) is 2.48. The number of hydrogen-bond acceptors (Lipinski definition) is 4. The Balaban J connectivity index is 3.18. The van der Waals surface area contributed by atoms with Gasteiger partial charge < -0.3 is 19.3 Å². The highest BCUT2D eigenvalue weighted by Crippen LogP contribution is 2.19. The van der Waals surface area contributed by atoms with E-state index in [1.165, 1.54) is 44.9 Å². The molecule has 0 aliphatic carbocycles. The van der Waals surface area contributed by atoms with E-state index in [1.54, 1.807) is 0 Å². The predicted octanol–water partition coefficient (Wildman–Crippen LogP) is 3.81. The van der Waals surface area contributed by atoms with Gasteiger partial charge >= 0.3 is 0 Å². The van der Waals surface area contributed by atoms with Gasteiger partial charge in [-0.3, -0.25) is 0 Å². The van der Waals surface area contributed by atoms with E-state index in [4.69, 9.17) is 19.3 Å². The molecule has 0 aliphatic heterocycles. The second-order valence-electron chi connectivity index (χ2n) is 5.83. The molecule has 22 heavy (non-hydrogen) atoms. The Labute approximate surface area is 137 Å². The molecule has 0 fully saturated rings. The summed E-state index contributed by atoms with van der Waals surface area (Å²) in [6.07, 6.45) is 10.6. The quantitative estimate of drug-likeness (QED) is 0.390. The fraction of sp³-hybridized carbons (Fsp3) is 1.00. The van der Waals surface area contributed by atoms with Crippen LogP contribution in [-0.2, 0) is 14.2 Å². The average molecular weight is 318 g/mol. The summed E-state index contributed by atoms with van der Waals surface area (Å²) < 4.78 is 16.0. The lowest BCUT2D eigenvalue weighted by atomic mass is 9.93. The molecule has 1 unspecified atom stereocenters. The van der Waals surface area contributed by atoms with Gasteiger partial charge in [0.05, 0.1) is 39.6 Å². The van der Waals surface area contributed by atoms with E-state index in [-0.39, 0.29) is 6.61 Å². The molecule has 1 N–H and O–H groups in total. The lowest BCUT2D eigenvalue weighted by molar-refractivity contribution is 0.00710. The van der Waals surface area contributed by atoms with Crippen molar-refractivity contribution in [2.45, 2.75) is 65.2 Å². The molecule has 0 heterocycles. The minimum Gasteiger partial charge on any atom is -0.394 e. The van der Waals surface area contributed by atoms with Crippen molar-refractivity contribution in [3.05, 3.63) is 0 Å². The molecule has 0 radical (unpaired) electrons. The summed E-state index contributed by atoms with van der Waals surface area (Å²) >= 11 is 0. The van der Waals surface area contributed by atoms with E-state index < -0.39 is 0 Å². The molecular weight excluding hydrogens is 280 g/mol. The Kier molecular flexibility index (Phi) is 18.8. The molecule has 4 heteroatoms. The van der Waals surface area contributed by atoms with Crippen molar-refractivity contribution in [2.75, 3.05) is 46.2 Å². The summed E-state index contributed by atoms with van der Waals surface area (Å²) in [5.74, 6) is 0.911. The number of rotatable bonds is 18. The molecule has 0 saturated carbocycles. The number of hydrogen-bond donors (Lipinski definition) is 1. The Morgan fingerprint density at radius 1 is 0.682 bits per heavy atom. The molecule has 0 saturated heterocycles. The standard InChI is InChI=1S/C18H38O4/c1-3-5-6-9-18(4-2)10-7-8-12-20-14-16-22-17-15-21-13-11-19/h18-19H,3-17H2,1-2H3. The van der Waals surface area contributed by atoms with Crippen LogP contribution in [0.4, 0.5) is 0 Å². The molecular formula is C18H38O4. The van der Waals surface area contributed by atoms with Gasteiger partial charge in [0, 0.05) is 6.61 Å². The maximum absolute atomic E-state index is 8.53. The van der Waals surface area contributed by atoms with Gasteiger partial charge in [-0.1, -0.05) is 58.8 Å². The zero-order valence-electron chi connectivity index (χ0n) is 14.9. The number of aliphatic hydroxyl groups excluding tert-OH is 1. The van der Waals surface area contributed by atoms with Crippen molar-refractivity contribution >= 4 is 0 Å². The van der Waals surface area contributed by atoms with Crippen molar-refractivity contribution in [1.82, 2.24) is 0 Å². The third-order valence-electron chi connectivity index (χ3n) is 3.92. The van der Waals surface area contributed by atoms with Gasteiger partial charge in [0.25, 0.3) is 0 Å². The Hall–Kier alpha value is -0.160. The van der Waals surface area contributed by atoms with Crippen molar-refractivity contribution in [3.8, 4) is 0 Å². The van der Waals surface area contributed by atoms with E-state index in [0.717, 1.165) is 18.9 Å². The average Bonchev–Trinajstić information content (AvgIpc) is 2.54. The van der Waals surface area contributed by atoms with Crippen LogP contribution in [0.5, 0.6) is 0 Å². The summed E-state index contributed by atoms with van der Waals surface area (Å²) in [6, 6.07) is 0. The first kappa shape index (κ1) is 21.8. The monoisotopic (exact) mass is 318 g/mol. The SMILES string of the molecule is CCCCCC(CC)CCCCOCCOCCOCCO. The first-order valence-electron chi connectivity index (χ1n) is 9.19. The third-order valence-corrected chi connectivity index (χ3v) is 3.92. The van der Waals surface area contributed by atoms with E-state index in [2.05, 4.69) is 13.8 Å². The highest BCUT2D eigenvalue weighted by Gasteiger charge is 2.05. The Morgan fingerprint density at radius 3 is 1.77 bits per heavy atom. The van der Waals surface area contributed by atoms with Crippen LogP contribution in [0.15, 0.2) is 0 Å². The third kappa shape index (κ3) is 16.2. The molecule has 4 nitrogen and oxygen atoms in total. The molecule has 0 aromatic heterocycles. The number of unbranched alkanes of at least 4 members (excludes halogenated alkanes) is 3. The minimum absolute atomic E-state index is 0.0700. The molecule has 134 valence electrons. The van der Waals surface area contributed by atoms with E-state index in [9.17, 15) is 0 Å². The van der Waals surface area contributed by atoms with Crippen molar-refractivity contribution < 1.29 is 19.3 Å². The van der Waals surface area contributed by atoms with Crippen LogP contribution < -0.4 is 0 Å². The molecule has 0 bridgehead atoms. The fourth-order valence-corrected chi connectivity index (χ4v) is 2.48. The van der Waals surface area contributed by atoms with Crippen molar-refractivity contribution in [3.63, 3.8) is 0 Å². The van der Waals surface area contributed by atoms with Gasteiger partial charge in [0.1, 0.15) is 0 Å². The van der Waals surface area contributed by atoms with Crippen molar-refractivity contribution in [2.24, 2.45) is 5.92 Å². The number of aliphatic hydroxyl groups is 1. The molecule has 0 spiro atoms. The molecule has 0 amide bonds. The largest absolute Gasteiger partial charge is 0.394 e. The van der Waals surface area contributed by atoms with Gasteiger partial charge in [-0.15, -0.1) is 0 Å². The summed E-state index contributed by atoms with van der Waals surface area (Å²) in [4.78, 5) is 0. The molecule has 0 aliphatic rings. The van der Waals surface area contributed by atoms with Crippen LogP contribution in [0.25, 0.3) is 0 Å². The summed E-state index contributed by atoms with van der Waals surface area (Å²) in [7, 11) is 0. The van der Waals surface area contributed by atoms with Crippen LogP contribution in [0, 0.1) is 5.92 Å². The van der Waals surface area contributed by atoms with E-state index in [0.29, 0.717) is 33.0 Å². The van der Waals surface area contributed by atoms with E-state index >= 15 is 0 Å². The maximum Gasteiger partial charge on any atom is 0.0701 e. The van der Waals surface area contributed by atoms with Crippen molar-refractivity contribution in [1.29, 1.82) is 0 Å². The van der Waals surface area contributed by atoms with Crippen LogP contribution in [0.3, 0.4) is 0 Å². The summed E-state index contributed by atoms with van der Waals surface area (Å²) in [5, 5.41) is 8.53. The molecule has 0 aromatic rings. The maximum atomic E-state index is 8.53. The molecule has 1 atom stereocenters. The second-order valence-corrected chi connectivity index (χ2v) is 5.83. The number of ether oxygens (including phenoxy) is 3. The van der Waals surface area contributed by atoms with Crippen LogP contribution >= 0.6 is 0 Å². The lowest BCUT2D eigenvalue weighted by Crippen LogP contribution is -2.11. The smallest absolute Gasteiger partial charge is 0.0701 e. The van der Waals surface area contributed by atoms with Gasteiger partial charge in [0.15, 0.2) is 0 Å². The first-order chi connectivity index (χ1) is 10.8.